The fourth-order valence-corrected chi connectivity index (χ4v) is 2.59. The van der Waals surface area contributed by atoms with Crippen LogP contribution in [0.1, 0.15) is 11.1 Å². The molecule has 0 spiro atoms. The highest BCUT2D eigenvalue weighted by molar-refractivity contribution is 5.90. The number of nitrogens with zero attached hydrogens (tertiary/aromatic N) is 4. The number of benzene rings is 1. The quantitative estimate of drug-likeness (QED) is 0.582. The van der Waals surface area contributed by atoms with Gasteiger partial charge in [0.15, 0.2) is 5.82 Å². The fraction of sp³-hybridized carbons (Fsp3) is 0.312. The molecule has 0 unspecified atom stereocenters. The zero-order chi connectivity index (χ0) is 22.5. The number of halogens is 8. The third kappa shape index (κ3) is 4.36. The Kier molecular flexibility index (Phi) is 4.99. The van der Waals surface area contributed by atoms with Crippen molar-refractivity contribution in [3.05, 3.63) is 35.7 Å². The molecule has 0 aliphatic carbocycles. The Bertz CT molecular complexity index is 966. The van der Waals surface area contributed by atoms with Gasteiger partial charge >= 0.3 is 12.4 Å². The van der Waals surface area contributed by atoms with Gasteiger partial charge in [-0.3, -0.25) is 4.79 Å². The van der Waals surface area contributed by atoms with Crippen molar-refractivity contribution in [3.63, 3.8) is 0 Å². The van der Waals surface area contributed by atoms with Gasteiger partial charge in [0, 0.05) is 17.8 Å². The lowest BCUT2D eigenvalue weighted by Gasteiger charge is -2.37. The average molecular weight is 442 g/mol. The molecule has 30 heavy (non-hydrogen) atoms. The number of hydrogen-bond acceptors (Lipinski definition) is 4. The van der Waals surface area contributed by atoms with E-state index in [1.165, 1.54) is 0 Å². The van der Waals surface area contributed by atoms with E-state index in [4.69, 9.17) is 0 Å². The summed E-state index contributed by atoms with van der Waals surface area (Å²) in [6.07, 6.45) is -7.89. The van der Waals surface area contributed by atoms with Crippen LogP contribution < -0.4 is 0 Å². The second-order valence-corrected chi connectivity index (χ2v) is 6.33. The van der Waals surface area contributed by atoms with E-state index in [9.17, 15) is 45.0 Å². The first-order valence-corrected chi connectivity index (χ1v) is 7.95. The number of aromatic hydroxyl groups is 1. The largest absolute Gasteiger partial charge is 0.507 e. The van der Waals surface area contributed by atoms with Crippen LogP contribution in [0, 0.1) is 0 Å². The molecule has 1 fully saturated rings. The predicted octanol–water partition coefficient (Wildman–Crippen LogP) is 3.64. The summed E-state index contributed by atoms with van der Waals surface area (Å²) in [5, 5.41) is 13.1. The molecule has 2 heterocycles. The van der Waals surface area contributed by atoms with Crippen molar-refractivity contribution >= 4 is 12.1 Å². The van der Waals surface area contributed by atoms with Crippen molar-refractivity contribution < 1.29 is 45.0 Å². The standard InChI is InChI=1S/C16H10F8N4O2/c17-14(18)5-27(6-14)11(29)1-2-28-7-25-13(26-28)8-3-9(15(19,20)21)12(30)10(4-8)16(22,23)24/h1-4,7,30H,5-6H2/b2-1+. The molecule has 14 heteroatoms. The van der Waals surface area contributed by atoms with Crippen molar-refractivity contribution in [2.45, 2.75) is 18.3 Å². The number of carbonyl (C=O) groups excluding carboxylic acids is 1. The van der Waals surface area contributed by atoms with Gasteiger partial charge in [-0.2, -0.15) is 26.3 Å². The van der Waals surface area contributed by atoms with Gasteiger partial charge in [0.25, 0.3) is 5.92 Å². The van der Waals surface area contributed by atoms with Gasteiger partial charge in [-0.15, -0.1) is 5.10 Å². The maximum absolute atomic E-state index is 13.0. The van der Waals surface area contributed by atoms with Gasteiger partial charge in [0.05, 0.1) is 24.2 Å². The second kappa shape index (κ2) is 6.95. The molecule has 0 radical (unpaired) electrons. The lowest BCUT2D eigenvalue weighted by atomic mass is 10.0. The molecule has 2 aromatic rings. The first kappa shape index (κ1) is 21.5. The Labute approximate surface area is 162 Å². The van der Waals surface area contributed by atoms with Crippen LogP contribution in [0.3, 0.4) is 0 Å². The van der Waals surface area contributed by atoms with Crippen LogP contribution in [-0.2, 0) is 17.1 Å². The van der Waals surface area contributed by atoms with Gasteiger partial charge in [-0.25, -0.2) is 18.4 Å². The summed E-state index contributed by atoms with van der Waals surface area (Å²) < 4.78 is 104. The molecule has 1 saturated heterocycles. The minimum absolute atomic E-state index is 0.251. The van der Waals surface area contributed by atoms with Crippen LogP contribution in [0.2, 0.25) is 0 Å². The summed E-state index contributed by atoms with van der Waals surface area (Å²) >= 11 is 0. The Morgan fingerprint density at radius 3 is 2.07 bits per heavy atom. The molecule has 0 atom stereocenters. The maximum Gasteiger partial charge on any atom is 0.419 e. The molecule has 1 N–H and O–H groups in total. The minimum atomic E-state index is -5.28. The highest BCUT2D eigenvalue weighted by atomic mass is 19.4. The highest BCUT2D eigenvalue weighted by Gasteiger charge is 2.45. The Balaban J connectivity index is 1.89. The van der Waals surface area contributed by atoms with E-state index in [1.54, 1.807) is 0 Å². The van der Waals surface area contributed by atoms with Crippen LogP contribution >= 0.6 is 0 Å². The van der Waals surface area contributed by atoms with Crippen molar-refractivity contribution in [2.24, 2.45) is 0 Å². The van der Waals surface area contributed by atoms with Crippen molar-refractivity contribution in [3.8, 4) is 17.1 Å². The van der Waals surface area contributed by atoms with Crippen molar-refractivity contribution in [2.75, 3.05) is 13.1 Å². The van der Waals surface area contributed by atoms with E-state index in [0.717, 1.165) is 28.2 Å². The Morgan fingerprint density at radius 2 is 1.60 bits per heavy atom. The van der Waals surface area contributed by atoms with Crippen molar-refractivity contribution in [1.82, 2.24) is 19.7 Å². The van der Waals surface area contributed by atoms with E-state index >= 15 is 0 Å². The highest BCUT2D eigenvalue weighted by Crippen LogP contribution is 2.45. The van der Waals surface area contributed by atoms with Gasteiger partial charge in [-0.1, -0.05) is 0 Å². The van der Waals surface area contributed by atoms with Crippen LogP contribution in [0.5, 0.6) is 5.75 Å². The van der Waals surface area contributed by atoms with Crippen LogP contribution in [0.4, 0.5) is 35.1 Å². The number of rotatable bonds is 3. The molecule has 1 amide bonds. The molecule has 1 aromatic carbocycles. The summed E-state index contributed by atoms with van der Waals surface area (Å²) in [4.78, 5) is 16.1. The van der Waals surface area contributed by atoms with Crippen molar-refractivity contribution in [1.29, 1.82) is 0 Å². The summed E-state index contributed by atoms with van der Waals surface area (Å²) in [6, 6.07) is 0.503. The van der Waals surface area contributed by atoms with Gasteiger partial charge in [0.1, 0.15) is 12.1 Å². The molecule has 0 saturated carbocycles. The van der Waals surface area contributed by atoms with E-state index in [2.05, 4.69) is 10.1 Å². The molecule has 3 rings (SSSR count). The van der Waals surface area contributed by atoms with Crippen LogP contribution in [-0.4, -0.2) is 49.7 Å². The lowest BCUT2D eigenvalue weighted by Crippen LogP contribution is -2.58. The third-order valence-electron chi connectivity index (χ3n) is 4.01. The SMILES string of the molecule is O=C(/C=C/n1cnc(-c2cc(C(F)(F)F)c(O)c(C(F)(F)F)c2)n1)N1CC(F)(F)C1. The van der Waals surface area contributed by atoms with E-state index in [-0.39, 0.29) is 12.1 Å². The number of alkyl halides is 8. The normalized spacial score (nSPS) is 16.7. The van der Waals surface area contributed by atoms with E-state index in [0.29, 0.717) is 0 Å². The van der Waals surface area contributed by atoms with E-state index in [1.807, 2.05) is 0 Å². The number of hydrogen-bond donors (Lipinski definition) is 1. The minimum Gasteiger partial charge on any atom is -0.507 e. The van der Waals surface area contributed by atoms with Crippen LogP contribution in [0.25, 0.3) is 17.6 Å². The molecule has 6 nitrogen and oxygen atoms in total. The number of carbonyl (C=O) groups is 1. The monoisotopic (exact) mass is 442 g/mol. The molecular weight excluding hydrogens is 432 g/mol. The molecule has 162 valence electrons. The summed E-state index contributed by atoms with van der Waals surface area (Å²) in [5.74, 6) is -6.30. The molecule has 1 aromatic heterocycles. The lowest BCUT2D eigenvalue weighted by molar-refractivity contribution is -0.160. The molecule has 1 aliphatic rings. The van der Waals surface area contributed by atoms with Gasteiger partial charge in [0.2, 0.25) is 5.91 Å². The smallest absolute Gasteiger partial charge is 0.419 e. The summed E-state index contributed by atoms with van der Waals surface area (Å²) in [6.45, 7) is -1.54. The van der Waals surface area contributed by atoms with Crippen LogP contribution in [0.15, 0.2) is 24.5 Å². The first-order valence-electron chi connectivity index (χ1n) is 7.95. The zero-order valence-electron chi connectivity index (χ0n) is 14.5. The number of amides is 1. The molecular formula is C16H10F8N4O2. The zero-order valence-corrected chi connectivity index (χ0v) is 14.5. The molecule has 0 bridgehead atoms. The Hall–Kier alpha value is -3.19. The summed E-state index contributed by atoms with van der Waals surface area (Å²) in [5.41, 5.74) is -4.53. The molecule has 1 aliphatic heterocycles. The third-order valence-corrected chi connectivity index (χ3v) is 4.01. The average Bonchev–Trinajstić information content (AvgIpc) is 3.04. The maximum atomic E-state index is 13.0. The number of likely N-dealkylation sites (tertiary alicyclic amines) is 1. The number of aromatic nitrogens is 3. The van der Waals surface area contributed by atoms with Gasteiger partial charge < -0.3 is 10.0 Å². The Morgan fingerprint density at radius 1 is 1.07 bits per heavy atom. The van der Waals surface area contributed by atoms with E-state index < -0.39 is 65.5 Å². The topological polar surface area (TPSA) is 71.2 Å². The fourth-order valence-electron chi connectivity index (χ4n) is 2.59. The first-order chi connectivity index (χ1) is 13.7. The summed E-state index contributed by atoms with van der Waals surface area (Å²) in [7, 11) is 0. The van der Waals surface area contributed by atoms with Gasteiger partial charge in [-0.05, 0) is 12.1 Å². The second-order valence-electron chi connectivity index (χ2n) is 6.33. The number of phenols is 1. The number of phenolic OH excluding ortho intramolecular Hbond substituents is 1. The predicted molar refractivity (Wildman–Crippen MR) is 84.0 cm³/mol.